The molecule has 0 atom stereocenters. The van der Waals surface area contributed by atoms with Crippen LogP contribution in [0.1, 0.15) is 216 Å². The van der Waals surface area contributed by atoms with Crippen molar-refractivity contribution in [1.82, 2.24) is 0 Å². The standard InChI is InChI=1S/C48H76N2/c1-7-13-19-20-21-26-32-46-45(31-18-12-6)47(43-35-39(27-22-14-8-2)33-40(36-43)28-23-15-9-3)50(49)48(46)44-37-41(29-24-16-10-4)34-42(38-44)30-25-17-11-5/h33-38H,7-32H2,1-6H3. The van der Waals surface area contributed by atoms with E-state index in [4.69, 9.17) is 0 Å². The second-order valence-corrected chi connectivity index (χ2v) is 15.5. The van der Waals surface area contributed by atoms with Crippen LogP contribution in [0, 0.1) is 0 Å². The van der Waals surface area contributed by atoms with Gasteiger partial charge in [0.25, 0.3) is 0 Å². The van der Waals surface area contributed by atoms with Gasteiger partial charge in [0.1, 0.15) is 0 Å². The van der Waals surface area contributed by atoms with E-state index < -0.39 is 0 Å². The van der Waals surface area contributed by atoms with Gasteiger partial charge in [0.05, 0.1) is 0 Å². The quantitative estimate of drug-likeness (QED) is 0.0631. The third-order valence-corrected chi connectivity index (χ3v) is 10.8. The van der Waals surface area contributed by atoms with E-state index in [0.29, 0.717) is 0 Å². The first kappa shape index (κ1) is 41.9. The Balaban J connectivity index is 2.18. The molecular formula is C48H76N2. The van der Waals surface area contributed by atoms with Crippen LogP contribution in [-0.4, -0.2) is 4.70 Å². The highest BCUT2D eigenvalue weighted by Crippen LogP contribution is 2.45. The van der Waals surface area contributed by atoms with E-state index in [0.717, 1.165) is 62.8 Å². The zero-order chi connectivity index (χ0) is 36.0. The van der Waals surface area contributed by atoms with Crippen molar-refractivity contribution in [3.05, 3.63) is 86.5 Å². The fourth-order valence-electron chi connectivity index (χ4n) is 7.91. The molecule has 0 unspecified atom stereocenters. The van der Waals surface area contributed by atoms with Gasteiger partial charge in [-0.05, 0) is 124 Å². The lowest BCUT2D eigenvalue weighted by Crippen LogP contribution is -2.05. The normalized spacial score (nSPS) is 13.4. The monoisotopic (exact) mass is 681 g/mol. The fraction of sp³-hybridized carbons (Fsp3) is 0.667. The van der Waals surface area contributed by atoms with Gasteiger partial charge in [-0.3, -0.25) is 0 Å². The van der Waals surface area contributed by atoms with Gasteiger partial charge in [-0.25, -0.2) is 4.70 Å². The molecule has 0 saturated carbocycles. The Labute approximate surface area is 310 Å². The molecule has 2 heteroatoms. The summed E-state index contributed by atoms with van der Waals surface area (Å²) in [5, 5.41) is 0. The minimum atomic E-state index is 1.03. The number of unbranched alkanes of at least 4 members (excludes halogenated alkanes) is 14. The highest BCUT2D eigenvalue weighted by atomic mass is 15.2. The molecule has 278 valence electrons. The lowest BCUT2D eigenvalue weighted by molar-refractivity contribution is -0.345. The number of allylic oxidation sites excluding steroid dienone is 2. The van der Waals surface area contributed by atoms with Crippen LogP contribution in [0.3, 0.4) is 0 Å². The summed E-state index contributed by atoms with van der Waals surface area (Å²) in [5.74, 6) is 0. The van der Waals surface area contributed by atoms with Gasteiger partial charge in [-0.2, -0.15) is 0 Å². The molecular weight excluding hydrogens is 605 g/mol. The molecule has 0 aliphatic carbocycles. The van der Waals surface area contributed by atoms with Crippen molar-refractivity contribution in [1.29, 1.82) is 0 Å². The zero-order valence-electron chi connectivity index (χ0n) is 33.7. The molecule has 2 nitrogen and oxygen atoms in total. The molecule has 0 radical (unpaired) electrons. The van der Waals surface area contributed by atoms with Gasteiger partial charge >= 0.3 is 0 Å². The molecule has 0 fully saturated rings. The Morgan fingerprint density at radius 1 is 0.340 bits per heavy atom. The Morgan fingerprint density at radius 3 is 0.980 bits per heavy atom. The summed E-state index contributed by atoms with van der Waals surface area (Å²) < 4.78 is 1.68. The molecule has 1 heterocycles. The van der Waals surface area contributed by atoms with Gasteiger partial charge < -0.3 is 5.53 Å². The minimum absolute atomic E-state index is 1.03. The van der Waals surface area contributed by atoms with Gasteiger partial charge in [0, 0.05) is 22.3 Å². The van der Waals surface area contributed by atoms with Crippen LogP contribution < -0.4 is 0 Å². The second-order valence-electron chi connectivity index (χ2n) is 15.5. The van der Waals surface area contributed by atoms with E-state index in [9.17, 15) is 5.53 Å². The van der Waals surface area contributed by atoms with E-state index >= 15 is 0 Å². The molecule has 1 aliphatic heterocycles. The van der Waals surface area contributed by atoms with Gasteiger partial charge in [0.2, 0.25) is 11.4 Å². The summed E-state index contributed by atoms with van der Waals surface area (Å²) in [5.41, 5.74) is 25.8. The lowest BCUT2D eigenvalue weighted by atomic mass is 9.89. The van der Waals surface area contributed by atoms with E-state index in [1.54, 1.807) is 4.70 Å². The third kappa shape index (κ3) is 13.6. The van der Waals surface area contributed by atoms with E-state index in [-0.39, 0.29) is 0 Å². The lowest BCUT2D eigenvalue weighted by Gasteiger charge is -2.15. The second kappa shape index (κ2) is 24.7. The average molecular weight is 681 g/mol. The molecule has 50 heavy (non-hydrogen) atoms. The average Bonchev–Trinajstić information content (AvgIpc) is 3.39. The summed E-state index contributed by atoms with van der Waals surface area (Å²) in [7, 11) is 0. The molecule has 0 bridgehead atoms. The van der Waals surface area contributed by atoms with Gasteiger partial charge in [-0.15, -0.1) is 0 Å². The predicted octanol–water partition coefficient (Wildman–Crippen LogP) is 15.7. The largest absolute Gasteiger partial charge is 0.493 e. The molecule has 0 amide bonds. The van der Waals surface area contributed by atoms with Crippen LogP contribution in [0.5, 0.6) is 0 Å². The summed E-state index contributed by atoms with van der Waals surface area (Å²) in [6, 6.07) is 14.7. The van der Waals surface area contributed by atoms with Crippen LogP contribution in [0.4, 0.5) is 0 Å². The first-order chi connectivity index (χ1) is 24.5. The van der Waals surface area contributed by atoms with Crippen molar-refractivity contribution in [2.45, 2.75) is 208 Å². The zero-order valence-corrected chi connectivity index (χ0v) is 33.7. The number of aryl methyl sites for hydroxylation is 4. The Kier molecular flexibility index (Phi) is 20.7. The third-order valence-electron chi connectivity index (χ3n) is 10.8. The highest BCUT2D eigenvalue weighted by molar-refractivity contribution is 5.82. The molecule has 0 N–H and O–H groups in total. The van der Waals surface area contributed by atoms with Crippen LogP contribution in [0.15, 0.2) is 47.5 Å². The number of nitrogens with zero attached hydrogens (tertiary/aromatic N) is 2. The van der Waals surface area contributed by atoms with Gasteiger partial charge in [0.15, 0.2) is 0 Å². The maximum Gasteiger partial charge on any atom is 0.211 e. The highest BCUT2D eigenvalue weighted by Gasteiger charge is 2.35. The maximum atomic E-state index is 12.6. The fourth-order valence-corrected chi connectivity index (χ4v) is 7.91. The SMILES string of the molecule is CCCCCCCCC1=C(c2cc(CCCCC)cc(CCCCC)c2)[N+](=[N-])C(c2cc(CCCCC)cc(CCCCC)c2)=C1CCCC. The van der Waals surface area contributed by atoms with Crippen molar-refractivity contribution in [2.24, 2.45) is 0 Å². The van der Waals surface area contributed by atoms with Crippen LogP contribution >= 0.6 is 0 Å². The van der Waals surface area contributed by atoms with Crippen LogP contribution in [-0.2, 0) is 25.7 Å². The topological polar surface area (TPSA) is 25.3 Å². The first-order valence-corrected chi connectivity index (χ1v) is 21.7. The maximum absolute atomic E-state index is 12.6. The smallest absolute Gasteiger partial charge is 0.211 e. The predicted molar refractivity (Wildman–Crippen MR) is 221 cm³/mol. The van der Waals surface area contributed by atoms with Crippen molar-refractivity contribution >= 4 is 11.4 Å². The van der Waals surface area contributed by atoms with Crippen molar-refractivity contribution in [3.8, 4) is 0 Å². The van der Waals surface area contributed by atoms with E-state index in [1.807, 2.05) is 0 Å². The Morgan fingerprint density at radius 2 is 0.620 bits per heavy atom. The molecule has 1 aliphatic rings. The van der Waals surface area contributed by atoms with E-state index in [2.05, 4.69) is 77.9 Å². The van der Waals surface area contributed by atoms with Crippen molar-refractivity contribution < 1.29 is 4.70 Å². The minimum Gasteiger partial charge on any atom is -0.493 e. The van der Waals surface area contributed by atoms with Crippen LogP contribution in [0.2, 0.25) is 0 Å². The summed E-state index contributed by atoms with van der Waals surface area (Å²) >= 11 is 0. The molecule has 0 spiro atoms. The molecule has 3 rings (SSSR count). The summed E-state index contributed by atoms with van der Waals surface area (Å²) in [6.45, 7) is 13.8. The Bertz CT molecular complexity index is 1290. The summed E-state index contributed by atoms with van der Waals surface area (Å²) in [6.07, 6.45) is 31.6. The van der Waals surface area contributed by atoms with Crippen molar-refractivity contribution in [2.75, 3.05) is 0 Å². The molecule has 0 aromatic heterocycles. The number of hydrogen-bond donors (Lipinski definition) is 0. The Hall–Kier alpha value is -2.48. The number of hydrogen-bond acceptors (Lipinski definition) is 0. The van der Waals surface area contributed by atoms with Crippen molar-refractivity contribution in [3.63, 3.8) is 0 Å². The number of rotatable bonds is 28. The first-order valence-electron chi connectivity index (χ1n) is 21.7. The molecule has 2 aromatic carbocycles. The summed E-state index contributed by atoms with van der Waals surface area (Å²) in [4.78, 5) is 0. The molecule has 0 saturated heterocycles. The van der Waals surface area contributed by atoms with Crippen LogP contribution in [0.25, 0.3) is 16.9 Å². The molecule has 2 aromatic rings. The number of benzene rings is 2. The van der Waals surface area contributed by atoms with Gasteiger partial charge in [-0.1, -0.05) is 144 Å². The van der Waals surface area contributed by atoms with E-state index in [1.165, 1.54) is 160 Å².